The first-order valence-corrected chi connectivity index (χ1v) is 15.4. The Morgan fingerprint density at radius 1 is 1.00 bits per heavy atom. The summed E-state index contributed by atoms with van der Waals surface area (Å²) in [7, 11) is 2.13. The lowest BCUT2D eigenvalue weighted by Gasteiger charge is -2.41. The molecule has 0 radical (unpaired) electrons. The number of hydrogen-bond donors (Lipinski definition) is 3. The van der Waals surface area contributed by atoms with Crippen LogP contribution < -0.4 is 25.6 Å². The average molecular weight is 589 g/mol. The number of carbonyl (C=O) groups excluding carboxylic acids is 3. The van der Waals surface area contributed by atoms with Gasteiger partial charge in [-0.2, -0.15) is 0 Å². The highest BCUT2D eigenvalue weighted by Gasteiger charge is 2.48. The molecule has 6 rings (SSSR count). The maximum absolute atomic E-state index is 13.6. The number of nitrogens with one attached hydrogen (secondary N) is 3. The van der Waals surface area contributed by atoms with Crippen molar-refractivity contribution in [2.24, 2.45) is 0 Å². The fraction of sp³-hybridized carbons (Fsp3) is 0.419. The largest absolute Gasteiger partial charge is 0.468 e. The van der Waals surface area contributed by atoms with Crippen LogP contribution in [-0.2, 0) is 9.59 Å². The Bertz CT molecular complexity index is 1410. The van der Waals surface area contributed by atoms with Crippen molar-refractivity contribution in [3.05, 3.63) is 65.5 Å². The zero-order valence-corrected chi connectivity index (χ0v) is 24.5. The van der Waals surface area contributed by atoms with E-state index in [4.69, 9.17) is 9.72 Å². The zero-order chi connectivity index (χ0) is 29.1. The summed E-state index contributed by atoms with van der Waals surface area (Å²) in [4.78, 5) is 48.9. The number of para-hydroxylation sites is 1. The van der Waals surface area contributed by atoms with E-state index in [1.165, 1.54) is 0 Å². The van der Waals surface area contributed by atoms with E-state index in [1.807, 2.05) is 30.3 Å². The minimum atomic E-state index is -1.09. The summed E-state index contributed by atoms with van der Waals surface area (Å²) in [5.74, 6) is -0.383. The number of β-lactam (4-membered cyclic amide) rings is 1. The van der Waals surface area contributed by atoms with E-state index in [0.717, 1.165) is 61.8 Å². The highest BCUT2D eigenvalue weighted by atomic mass is 32.1. The summed E-state index contributed by atoms with van der Waals surface area (Å²) in [6, 6.07) is 15.6. The van der Waals surface area contributed by atoms with Gasteiger partial charge in [0.2, 0.25) is 12.1 Å². The first-order valence-electron chi connectivity index (χ1n) is 14.6. The minimum Gasteiger partial charge on any atom is -0.468 e. The first-order chi connectivity index (χ1) is 20.4. The minimum absolute atomic E-state index is 0.310. The van der Waals surface area contributed by atoms with Crippen LogP contribution in [0.5, 0.6) is 5.75 Å². The maximum atomic E-state index is 13.6. The van der Waals surface area contributed by atoms with Crippen LogP contribution in [0.1, 0.15) is 42.5 Å². The van der Waals surface area contributed by atoms with Gasteiger partial charge in [-0.3, -0.25) is 14.4 Å². The van der Waals surface area contributed by atoms with E-state index in [2.05, 4.69) is 38.2 Å². The Labute approximate surface area is 249 Å². The predicted octanol–water partition coefficient (Wildman–Crippen LogP) is 3.01. The number of rotatable bonds is 8. The fourth-order valence-electron chi connectivity index (χ4n) is 5.70. The molecule has 0 spiro atoms. The molecule has 3 aromatic rings. The second-order valence-electron chi connectivity index (χ2n) is 11.3. The third-order valence-electron chi connectivity index (χ3n) is 8.37. The number of carbonyl (C=O) groups is 3. The summed E-state index contributed by atoms with van der Waals surface area (Å²) in [6.07, 6.45) is 2.96. The van der Waals surface area contributed by atoms with Crippen LogP contribution in [-0.4, -0.2) is 78.6 Å². The van der Waals surface area contributed by atoms with Crippen LogP contribution in [0.25, 0.3) is 11.3 Å². The van der Waals surface area contributed by atoms with Gasteiger partial charge in [-0.25, -0.2) is 4.98 Å². The van der Waals surface area contributed by atoms with Crippen molar-refractivity contribution >= 4 is 34.2 Å². The van der Waals surface area contributed by atoms with Crippen LogP contribution in [0, 0.1) is 0 Å². The molecule has 42 heavy (non-hydrogen) atoms. The van der Waals surface area contributed by atoms with Crippen LogP contribution in [0.2, 0.25) is 0 Å². The molecule has 10 nitrogen and oxygen atoms in total. The third-order valence-corrected chi connectivity index (χ3v) is 9.27. The van der Waals surface area contributed by atoms with Crippen LogP contribution >= 0.6 is 11.3 Å². The maximum Gasteiger partial charge on any atom is 0.252 e. The summed E-state index contributed by atoms with van der Waals surface area (Å²) in [5, 5.41) is 11.7. The molecule has 2 atom stereocenters. The molecule has 11 heteroatoms. The molecule has 0 bridgehead atoms. The van der Waals surface area contributed by atoms with Gasteiger partial charge in [-0.15, -0.1) is 11.3 Å². The topological polar surface area (TPSA) is 116 Å². The third kappa shape index (κ3) is 5.98. The standard InChI is InChI=1S/C31H36N6O4S/c1-36-16-18-37(19-17-36)30-32-24(20-42-30)21-10-12-22(13-11-21)26(38)35-31(14-6-3-7-15-31)29(40)33-25-27(39)34-28(25)41-23-8-4-2-5-9-23/h2,4-5,8-13,20,25,28H,3,6-7,14-19H2,1H3,(H,33,40)(H,34,39)(H,35,38)/t25-,28-/m1/s1. The quantitative estimate of drug-likeness (QED) is 0.347. The molecule has 1 aliphatic carbocycles. The van der Waals surface area contributed by atoms with Crippen molar-refractivity contribution in [1.82, 2.24) is 25.8 Å². The molecule has 3 amide bonds. The summed E-state index contributed by atoms with van der Waals surface area (Å²) >= 11 is 1.64. The number of nitrogens with zero attached hydrogens (tertiary/aromatic N) is 3. The normalized spacial score (nSPS) is 22.0. The van der Waals surface area contributed by atoms with E-state index < -0.39 is 17.8 Å². The first kappa shape index (κ1) is 28.2. The van der Waals surface area contributed by atoms with Crippen LogP contribution in [0.15, 0.2) is 60.0 Å². The summed E-state index contributed by atoms with van der Waals surface area (Å²) in [5.41, 5.74) is 1.20. The smallest absolute Gasteiger partial charge is 0.252 e. The van der Waals surface area contributed by atoms with Crippen LogP contribution in [0.4, 0.5) is 5.13 Å². The van der Waals surface area contributed by atoms with E-state index in [9.17, 15) is 14.4 Å². The van der Waals surface area contributed by atoms with Crippen molar-refractivity contribution in [2.75, 3.05) is 38.1 Å². The van der Waals surface area contributed by atoms with E-state index in [1.54, 1.807) is 35.6 Å². The molecule has 3 fully saturated rings. The number of hydrogen-bond acceptors (Lipinski definition) is 8. The molecule has 220 valence electrons. The van der Waals surface area contributed by atoms with Gasteiger partial charge in [0, 0.05) is 42.7 Å². The van der Waals surface area contributed by atoms with Crippen molar-refractivity contribution in [3.8, 4) is 17.0 Å². The molecule has 3 heterocycles. The summed E-state index contributed by atoms with van der Waals surface area (Å²) in [6.45, 7) is 3.97. The molecule has 2 aromatic carbocycles. The lowest BCUT2D eigenvalue weighted by molar-refractivity contribution is -0.145. The SMILES string of the molecule is CN1CCN(c2nc(-c3ccc(C(=O)NC4(C(=O)N[C@@H]5C(=O)N[C@@H]5Oc5ccccc5)CCCCC4)cc3)cs2)CC1. The van der Waals surface area contributed by atoms with Crippen molar-refractivity contribution in [2.45, 2.75) is 49.9 Å². The van der Waals surface area contributed by atoms with Gasteiger partial charge in [0.15, 0.2) is 11.2 Å². The fourth-order valence-corrected chi connectivity index (χ4v) is 6.59. The highest BCUT2D eigenvalue weighted by molar-refractivity contribution is 7.14. The number of ether oxygens (including phenoxy) is 1. The second-order valence-corrected chi connectivity index (χ2v) is 12.1. The molecular weight excluding hydrogens is 552 g/mol. The Kier molecular flexibility index (Phi) is 8.12. The highest BCUT2D eigenvalue weighted by Crippen LogP contribution is 2.31. The Balaban J connectivity index is 1.11. The number of amides is 3. The van der Waals surface area contributed by atoms with E-state index in [0.29, 0.717) is 24.2 Å². The van der Waals surface area contributed by atoms with Gasteiger partial charge >= 0.3 is 0 Å². The van der Waals surface area contributed by atoms with Gasteiger partial charge in [-0.1, -0.05) is 49.6 Å². The predicted molar refractivity (Wildman–Crippen MR) is 161 cm³/mol. The number of aromatic nitrogens is 1. The molecule has 1 saturated carbocycles. The number of anilines is 1. The molecule has 2 aliphatic heterocycles. The number of benzene rings is 2. The van der Waals surface area contributed by atoms with Crippen molar-refractivity contribution < 1.29 is 19.1 Å². The molecule has 3 N–H and O–H groups in total. The monoisotopic (exact) mass is 588 g/mol. The molecule has 0 unspecified atom stereocenters. The Morgan fingerprint density at radius 2 is 1.71 bits per heavy atom. The van der Waals surface area contributed by atoms with Gasteiger partial charge in [-0.05, 0) is 44.2 Å². The summed E-state index contributed by atoms with van der Waals surface area (Å²) < 4.78 is 5.85. The second kappa shape index (κ2) is 12.1. The number of piperazine rings is 1. The average Bonchev–Trinajstić information content (AvgIpc) is 3.51. The van der Waals surface area contributed by atoms with Crippen molar-refractivity contribution in [1.29, 1.82) is 0 Å². The van der Waals surface area contributed by atoms with Gasteiger partial charge < -0.3 is 30.5 Å². The molecule has 2 saturated heterocycles. The Hall–Kier alpha value is -3.96. The van der Waals surface area contributed by atoms with Gasteiger partial charge in [0.25, 0.3) is 11.8 Å². The van der Waals surface area contributed by atoms with Gasteiger partial charge in [0.05, 0.1) is 5.69 Å². The number of likely N-dealkylation sites (N-methyl/N-ethyl adjacent to an activating group) is 1. The molecular formula is C31H36N6O4S. The Morgan fingerprint density at radius 3 is 2.40 bits per heavy atom. The lowest BCUT2D eigenvalue weighted by Crippen LogP contribution is -2.74. The zero-order valence-electron chi connectivity index (χ0n) is 23.7. The lowest BCUT2D eigenvalue weighted by atomic mass is 9.80. The van der Waals surface area contributed by atoms with Gasteiger partial charge in [0.1, 0.15) is 11.3 Å². The van der Waals surface area contributed by atoms with Crippen LogP contribution in [0.3, 0.4) is 0 Å². The molecule has 3 aliphatic rings. The van der Waals surface area contributed by atoms with E-state index >= 15 is 0 Å². The van der Waals surface area contributed by atoms with E-state index in [-0.39, 0.29) is 17.7 Å². The molecule has 1 aromatic heterocycles. The van der Waals surface area contributed by atoms with Crippen molar-refractivity contribution in [3.63, 3.8) is 0 Å². The number of thiazole rings is 1.